The van der Waals surface area contributed by atoms with Gasteiger partial charge >= 0.3 is 14.4 Å². The average molecular weight is 227 g/mol. The summed E-state index contributed by atoms with van der Waals surface area (Å²) in [6.07, 6.45) is 0. The second kappa shape index (κ2) is 6.91. The molecule has 0 aromatic rings. The minimum Gasteiger partial charge on any atom is -0.381 e. The van der Waals surface area contributed by atoms with Crippen LogP contribution in [-0.4, -0.2) is 44.6 Å². The van der Waals surface area contributed by atoms with Crippen molar-refractivity contribution in [1.82, 2.24) is 3.88 Å². The van der Waals surface area contributed by atoms with Gasteiger partial charge in [-0.25, -0.2) is 0 Å². The molecule has 0 N–H and O–H groups in total. The van der Waals surface area contributed by atoms with Gasteiger partial charge in [0.25, 0.3) is 0 Å². The minimum atomic E-state index is -0.678. The van der Waals surface area contributed by atoms with Crippen LogP contribution in [0.25, 0.3) is 0 Å². The van der Waals surface area contributed by atoms with E-state index in [1.807, 2.05) is 0 Å². The van der Waals surface area contributed by atoms with E-state index in [4.69, 9.17) is 4.74 Å². The molecule has 2 nitrogen and oxygen atoms in total. The van der Waals surface area contributed by atoms with Gasteiger partial charge in [-0.1, -0.05) is 50.1 Å². The lowest BCUT2D eigenvalue weighted by molar-refractivity contribution is 0.0699. The molecule has 0 saturated carbocycles. The van der Waals surface area contributed by atoms with E-state index in [1.165, 1.54) is 23.7 Å². The highest BCUT2D eigenvalue weighted by Crippen LogP contribution is 2.18. The summed E-state index contributed by atoms with van der Waals surface area (Å²) >= 11 is -0.678. The van der Waals surface area contributed by atoms with E-state index < -0.39 is 14.4 Å². The van der Waals surface area contributed by atoms with Crippen LogP contribution < -0.4 is 0 Å². The fourth-order valence-corrected chi connectivity index (χ4v) is 6.33. The Labute approximate surface area is 99.6 Å². The summed E-state index contributed by atoms with van der Waals surface area (Å²) in [5, 5.41) is 2.94. The van der Waals surface area contributed by atoms with E-state index in [9.17, 15) is 0 Å². The highest BCUT2D eigenvalue weighted by atomic mass is 27.2. The average Bonchev–Trinajstić information content (AvgIpc) is 2.17. The van der Waals surface area contributed by atoms with Crippen LogP contribution in [0.2, 0.25) is 10.6 Å². The van der Waals surface area contributed by atoms with Crippen molar-refractivity contribution in [3.8, 4) is 0 Å². The number of morpholine rings is 1. The normalized spacial score (nSPS) is 18.8. The SMILES string of the molecule is CC(C)[CH2][Al]([CH2]C(C)C)[N]1CCOCC1. The molecule has 0 bridgehead atoms. The van der Waals surface area contributed by atoms with Crippen molar-refractivity contribution in [2.45, 2.75) is 38.3 Å². The second-order valence-corrected chi connectivity index (χ2v) is 8.54. The topological polar surface area (TPSA) is 12.5 Å². The zero-order chi connectivity index (χ0) is 11.3. The molecular formula is C12H26AlNO. The molecule has 0 aliphatic carbocycles. The monoisotopic (exact) mass is 227 g/mol. The third-order valence-electron chi connectivity index (χ3n) is 3.05. The van der Waals surface area contributed by atoms with Gasteiger partial charge in [-0.15, -0.1) is 0 Å². The van der Waals surface area contributed by atoms with Crippen LogP contribution in [0.15, 0.2) is 0 Å². The van der Waals surface area contributed by atoms with E-state index >= 15 is 0 Å². The van der Waals surface area contributed by atoms with E-state index in [2.05, 4.69) is 31.6 Å². The molecule has 0 atom stereocenters. The summed E-state index contributed by atoms with van der Waals surface area (Å²) < 4.78 is 8.21. The van der Waals surface area contributed by atoms with Crippen molar-refractivity contribution >= 4 is 14.4 Å². The zero-order valence-electron chi connectivity index (χ0n) is 10.8. The van der Waals surface area contributed by atoms with Crippen LogP contribution in [0.5, 0.6) is 0 Å². The summed E-state index contributed by atoms with van der Waals surface area (Å²) in [4.78, 5) is 0. The van der Waals surface area contributed by atoms with Crippen LogP contribution in [0.3, 0.4) is 0 Å². The summed E-state index contributed by atoms with van der Waals surface area (Å²) in [7, 11) is 0. The van der Waals surface area contributed by atoms with Crippen molar-refractivity contribution in [3.05, 3.63) is 0 Å². The van der Waals surface area contributed by atoms with Gasteiger partial charge in [0, 0.05) is 13.1 Å². The molecule has 0 amide bonds. The van der Waals surface area contributed by atoms with E-state index in [0.29, 0.717) is 0 Å². The molecule has 1 aliphatic heterocycles. The molecule has 0 aromatic heterocycles. The van der Waals surface area contributed by atoms with E-state index in [1.54, 1.807) is 0 Å². The fourth-order valence-electron chi connectivity index (χ4n) is 2.43. The van der Waals surface area contributed by atoms with Gasteiger partial charge in [-0.2, -0.15) is 0 Å². The summed E-state index contributed by atoms with van der Waals surface area (Å²) in [5.74, 6) is 1.73. The highest BCUT2D eigenvalue weighted by Gasteiger charge is 2.29. The lowest BCUT2D eigenvalue weighted by Crippen LogP contribution is -2.47. The van der Waals surface area contributed by atoms with Crippen molar-refractivity contribution in [1.29, 1.82) is 0 Å². The Morgan fingerprint density at radius 2 is 1.47 bits per heavy atom. The molecule has 1 fully saturated rings. The van der Waals surface area contributed by atoms with Gasteiger partial charge in [0.1, 0.15) is 0 Å². The Balaban J connectivity index is 2.45. The first-order chi connectivity index (χ1) is 7.09. The Morgan fingerprint density at radius 1 is 1.00 bits per heavy atom. The van der Waals surface area contributed by atoms with Crippen LogP contribution in [0, 0.1) is 11.8 Å². The molecule has 0 unspecified atom stereocenters. The first kappa shape index (κ1) is 13.5. The molecule has 88 valence electrons. The van der Waals surface area contributed by atoms with Crippen LogP contribution in [-0.2, 0) is 4.74 Å². The lowest BCUT2D eigenvalue weighted by atomic mass is 10.3. The molecule has 1 heterocycles. The lowest BCUT2D eigenvalue weighted by Gasteiger charge is -2.33. The van der Waals surface area contributed by atoms with Gasteiger partial charge < -0.3 is 8.62 Å². The molecule has 0 radical (unpaired) electrons. The number of ether oxygens (including phenoxy) is 1. The molecule has 1 saturated heterocycles. The van der Waals surface area contributed by atoms with Crippen molar-refractivity contribution in [2.24, 2.45) is 11.8 Å². The third-order valence-corrected chi connectivity index (χ3v) is 7.57. The van der Waals surface area contributed by atoms with Crippen LogP contribution in [0.1, 0.15) is 27.7 Å². The molecular weight excluding hydrogens is 201 g/mol. The number of nitrogens with zero attached hydrogens (tertiary/aromatic N) is 1. The Hall–Kier alpha value is 0.452. The molecule has 1 rings (SSSR count). The van der Waals surface area contributed by atoms with Gasteiger partial charge in [-0.3, -0.25) is 0 Å². The quantitative estimate of drug-likeness (QED) is 0.669. The van der Waals surface area contributed by atoms with Crippen LogP contribution >= 0.6 is 0 Å². The first-order valence-corrected chi connectivity index (χ1v) is 8.56. The Morgan fingerprint density at radius 3 is 1.87 bits per heavy atom. The van der Waals surface area contributed by atoms with Gasteiger partial charge in [0.15, 0.2) is 0 Å². The van der Waals surface area contributed by atoms with Crippen molar-refractivity contribution in [2.75, 3.05) is 26.3 Å². The predicted molar refractivity (Wildman–Crippen MR) is 67.4 cm³/mol. The molecule has 0 aromatic carbocycles. The standard InChI is InChI=1S/C4H8NO.2C4H9.Al/c1-3-6-4-2-5-1;2*1-4(2)3;/h1-4H2;2*4H,1H2,2-3H3;/q-1;;;+1. The number of hydrogen-bond acceptors (Lipinski definition) is 2. The smallest absolute Gasteiger partial charge is 0.373 e. The van der Waals surface area contributed by atoms with Gasteiger partial charge in [0.05, 0.1) is 13.2 Å². The summed E-state index contributed by atoms with van der Waals surface area (Å²) in [6, 6.07) is 0. The number of rotatable bonds is 5. The van der Waals surface area contributed by atoms with E-state index in [-0.39, 0.29) is 0 Å². The zero-order valence-corrected chi connectivity index (χ0v) is 12.0. The highest BCUT2D eigenvalue weighted by molar-refractivity contribution is 6.55. The Kier molecular flexibility index (Phi) is 6.23. The summed E-state index contributed by atoms with van der Waals surface area (Å²) in [6.45, 7) is 13.7. The van der Waals surface area contributed by atoms with Crippen molar-refractivity contribution in [3.63, 3.8) is 0 Å². The maximum atomic E-state index is 5.44. The molecule has 3 heteroatoms. The van der Waals surface area contributed by atoms with Crippen molar-refractivity contribution < 1.29 is 4.74 Å². The minimum absolute atomic E-state index is 0.678. The predicted octanol–water partition coefficient (Wildman–Crippen LogP) is 2.62. The Bertz CT molecular complexity index is 157. The third kappa shape index (κ3) is 5.36. The van der Waals surface area contributed by atoms with E-state index in [0.717, 1.165) is 25.0 Å². The first-order valence-electron chi connectivity index (χ1n) is 6.41. The maximum Gasteiger partial charge on any atom is 0.373 e. The molecule has 15 heavy (non-hydrogen) atoms. The largest absolute Gasteiger partial charge is 0.381 e. The summed E-state index contributed by atoms with van der Waals surface area (Å²) in [5.41, 5.74) is 0. The maximum absolute atomic E-state index is 5.44. The van der Waals surface area contributed by atoms with Gasteiger partial charge in [-0.05, 0) is 0 Å². The van der Waals surface area contributed by atoms with Crippen LogP contribution in [0.4, 0.5) is 0 Å². The fraction of sp³-hybridized carbons (Fsp3) is 1.00. The second-order valence-electron chi connectivity index (χ2n) is 5.56. The molecule has 1 aliphatic rings. The molecule has 0 spiro atoms. The number of hydrogen-bond donors (Lipinski definition) is 0. The van der Waals surface area contributed by atoms with Gasteiger partial charge in [0.2, 0.25) is 0 Å².